The molecular weight excluding hydrogens is 422 g/mol. The second-order valence-electron chi connectivity index (χ2n) is 7.47. The Bertz CT molecular complexity index is 1090. The molecule has 0 bridgehead atoms. The van der Waals surface area contributed by atoms with E-state index >= 15 is 0 Å². The third kappa shape index (κ3) is 4.76. The Morgan fingerprint density at radius 2 is 1.52 bits per heavy atom. The summed E-state index contributed by atoms with van der Waals surface area (Å²) in [7, 11) is -8.08. The van der Waals surface area contributed by atoms with Crippen LogP contribution in [0.3, 0.4) is 0 Å². The summed E-state index contributed by atoms with van der Waals surface area (Å²) in [4.78, 5) is -0.788. The number of sulfonamides is 2. The Balaban J connectivity index is 1.82. The molecule has 3 rings (SSSR count). The predicted octanol–water partition coefficient (Wildman–Crippen LogP) is 3.43. The van der Waals surface area contributed by atoms with Gasteiger partial charge in [-0.25, -0.2) is 25.6 Å². The maximum atomic E-state index is 13.8. The van der Waals surface area contributed by atoms with Gasteiger partial charge in [-0.15, -0.1) is 0 Å². The van der Waals surface area contributed by atoms with Crippen LogP contribution < -0.4 is 4.72 Å². The SMILES string of the molecule is C[C@@H]1C[C@H](C)CN(S(=O)(=O)c2ccc(NS(=O)(=O)c3cc(F)ccc3F)cc2)C1. The van der Waals surface area contributed by atoms with Crippen LogP contribution in [0.1, 0.15) is 20.3 Å². The summed E-state index contributed by atoms with van der Waals surface area (Å²) in [6.45, 7) is 4.86. The molecule has 0 saturated carbocycles. The number of piperidine rings is 1. The van der Waals surface area contributed by atoms with Crippen molar-refractivity contribution in [2.45, 2.75) is 30.1 Å². The van der Waals surface area contributed by atoms with Crippen molar-refractivity contribution in [1.29, 1.82) is 0 Å². The van der Waals surface area contributed by atoms with Crippen LogP contribution in [0.4, 0.5) is 14.5 Å². The smallest absolute Gasteiger partial charge is 0.264 e. The normalized spacial score (nSPS) is 21.1. The maximum Gasteiger partial charge on any atom is 0.264 e. The van der Waals surface area contributed by atoms with E-state index in [-0.39, 0.29) is 22.4 Å². The Hall–Kier alpha value is -2.04. The number of nitrogens with one attached hydrogen (secondary N) is 1. The van der Waals surface area contributed by atoms with Crippen LogP contribution in [-0.4, -0.2) is 34.2 Å². The quantitative estimate of drug-likeness (QED) is 0.766. The minimum Gasteiger partial charge on any atom is -0.280 e. The van der Waals surface area contributed by atoms with Gasteiger partial charge in [0.15, 0.2) is 0 Å². The van der Waals surface area contributed by atoms with E-state index in [1.165, 1.54) is 28.6 Å². The third-order valence-electron chi connectivity index (χ3n) is 4.76. The molecule has 1 N–H and O–H groups in total. The first-order valence-corrected chi connectivity index (χ1v) is 12.0. The lowest BCUT2D eigenvalue weighted by Crippen LogP contribution is -2.42. The summed E-state index contributed by atoms with van der Waals surface area (Å²) in [6.07, 6.45) is 0.962. The van der Waals surface area contributed by atoms with Crippen LogP contribution in [-0.2, 0) is 20.0 Å². The first-order valence-electron chi connectivity index (χ1n) is 9.07. The highest BCUT2D eigenvalue weighted by Crippen LogP contribution is 2.28. The van der Waals surface area contributed by atoms with Crippen LogP contribution in [0.15, 0.2) is 52.3 Å². The van der Waals surface area contributed by atoms with Crippen LogP contribution in [0, 0.1) is 23.5 Å². The van der Waals surface area contributed by atoms with Crippen molar-refractivity contribution in [2.24, 2.45) is 11.8 Å². The number of halogens is 2. The van der Waals surface area contributed by atoms with Crippen molar-refractivity contribution in [2.75, 3.05) is 17.8 Å². The third-order valence-corrected chi connectivity index (χ3v) is 8.00. The van der Waals surface area contributed by atoms with Crippen molar-refractivity contribution in [3.63, 3.8) is 0 Å². The van der Waals surface area contributed by atoms with E-state index in [1.54, 1.807) is 0 Å². The van der Waals surface area contributed by atoms with Gasteiger partial charge in [0, 0.05) is 18.8 Å². The molecule has 0 aromatic heterocycles. The molecule has 6 nitrogen and oxygen atoms in total. The highest BCUT2D eigenvalue weighted by molar-refractivity contribution is 7.92. The lowest BCUT2D eigenvalue weighted by molar-refractivity contribution is 0.222. The van der Waals surface area contributed by atoms with Gasteiger partial charge in [-0.1, -0.05) is 13.8 Å². The van der Waals surface area contributed by atoms with Crippen molar-refractivity contribution in [3.05, 3.63) is 54.1 Å². The zero-order chi connectivity index (χ0) is 21.4. The van der Waals surface area contributed by atoms with Gasteiger partial charge in [0.1, 0.15) is 16.5 Å². The van der Waals surface area contributed by atoms with Crippen LogP contribution >= 0.6 is 0 Å². The highest BCUT2D eigenvalue weighted by atomic mass is 32.2. The summed E-state index contributed by atoms with van der Waals surface area (Å²) in [6, 6.07) is 7.25. The Kier molecular flexibility index (Phi) is 5.98. The van der Waals surface area contributed by atoms with Crippen molar-refractivity contribution < 1.29 is 25.6 Å². The molecule has 10 heteroatoms. The van der Waals surface area contributed by atoms with E-state index in [9.17, 15) is 25.6 Å². The van der Waals surface area contributed by atoms with Gasteiger partial charge < -0.3 is 0 Å². The van der Waals surface area contributed by atoms with Gasteiger partial charge in [-0.05, 0) is 60.7 Å². The molecule has 0 spiro atoms. The molecule has 1 aliphatic heterocycles. The van der Waals surface area contributed by atoms with E-state index in [0.29, 0.717) is 19.2 Å². The molecule has 1 aliphatic rings. The molecule has 1 fully saturated rings. The first kappa shape index (κ1) is 21.7. The van der Waals surface area contributed by atoms with E-state index in [1.807, 2.05) is 13.8 Å². The fraction of sp³-hybridized carbons (Fsp3) is 0.368. The lowest BCUT2D eigenvalue weighted by Gasteiger charge is -2.34. The molecule has 0 amide bonds. The van der Waals surface area contributed by atoms with Crippen molar-refractivity contribution in [3.8, 4) is 0 Å². The first-order chi connectivity index (χ1) is 13.5. The molecule has 0 aliphatic carbocycles. The fourth-order valence-electron chi connectivity index (χ4n) is 3.54. The summed E-state index contributed by atoms with van der Waals surface area (Å²) in [5.41, 5.74) is 0.0352. The monoisotopic (exact) mass is 444 g/mol. The van der Waals surface area contributed by atoms with Crippen LogP contribution in [0.25, 0.3) is 0 Å². The minimum atomic E-state index is -4.37. The minimum absolute atomic E-state index is 0.0352. The van der Waals surface area contributed by atoms with E-state index in [0.717, 1.165) is 18.6 Å². The largest absolute Gasteiger partial charge is 0.280 e. The predicted molar refractivity (Wildman–Crippen MR) is 105 cm³/mol. The second kappa shape index (κ2) is 8.00. The maximum absolute atomic E-state index is 13.8. The number of rotatable bonds is 5. The molecule has 2 aromatic rings. The standard InChI is InChI=1S/C19H22F2N2O4S2/c1-13-9-14(2)12-23(11-13)29(26,27)17-6-4-16(5-7-17)22-28(24,25)19-10-15(20)3-8-18(19)21/h3-8,10,13-14,22H,9,11-12H2,1-2H3/t13-,14+. The number of nitrogens with zero attached hydrogens (tertiary/aromatic N) is 1. The summed E-state index contributed by atoms with van der Waals surface area (Å²) >= 11 is 0. The molecule has 0 unspecified atom stereocenters. The summed E-state index contributed by atoms with van der Waals surface area (Å²) in [5.74, 6) is -1.48. The Morgan fingerprint density at radius 3 is 2.10 bits per heavy atom. The molecular formula is C19H22F2N2O4S2. The molecule has 2 aromatic carbocycles. The molecule has 1 saturated heterocycles. The summed E-state index contributed by atoms with van der Waals surface area (Å²) in [5, 5.41) is 0. The topological polar surface area (TPSA) is 83.6 Å². The molecule has 1 heterocycles. The van der Waals surface area contributed by atoms with Crippen molar-refractivity contribution >= 4 is 25.7 Å². The summed E-state index contributed by atoms with van der Waals surface area (Å²) < 4.78 is 81.1. The zero-order valence-electron chi connectivity index (χ0n) is 16.0. The van der Waals surface area contributed by atoms with Crippen LogP contribution in [0.5, 0.6) is 0 Å². The van der Waals surface area contributed by atoms with Gasteiger partial charge in [0.05, 0.1) is 4.90 Å². The Morgan fingerprint density at radius 1 is 0.931 bits per heavy atom. The Labute approximate surface area is 169 Å². The molecule has 29 heavy (non-hydrogen) atoms. The van der Waals surface area contributed by atoms with Gasteiger partial charge in [-0.2, -0.15) is 4.31 Å². The van der Waals surface area contributed by atoms with E-state index in [2.05, 4.69) is 4.72 Å². The number of benzene rings is 2. The number of anilines is 1. The molecule has 158 valence electrons. The highest BCUT2D eigenvalue weighted by Gasteiger charge is 2.31. The molecule has 0 radical (unpaired) electrons. The number of hydrogen-bond donors (Lipinski definition) is 1. The van der Waals surface area contributed by atoms with Gasteiger partial charge >= 0.3 is 0 Å². The molecule has 2 atom stereocenters. The lowest BCUT2D eigenvalue weighted by atomic mass is 9.94. The number of hydrogen-bond acceptors (Lipinski definition) is 4. The average molecular weight is 445 g/mol. The van der Waals surface area contributed by atoms with Gasteiger partial charge in [0.2, 0.25) is 10.0 Å². The van der Waals surface area contributed by atoms with E-state index < -0.39 is 36.6 Å². The second-order valence-corrected chi connectivity index (χ2v) is 11.1. The zero-order valence-corrected chi connectivity index (χ0v) is 17.6. The van der Waals surface area contributed by atoms with E-state index in [4.69, 9.17) is 0 Å². The average Bonchev–Trinajstić information content (AvgIpc) is 2.63. The van der Waals surface area contributed by atoms with Gasteiger partial charge in [-0.3, -0.25) is 4.72 Å². The fourth-order valence-corrected chi connectivity index (χ4v) is 6.37. The van der Waals surface area contributed by atoms with Gasteiger partial charge in [0.25, 0.3) is 10.0 Å². The van der Waals surface area contributed by atoms with Crippen LogP contribution in [0.2, 0.25) is 0 Å². The van der Waals surface area contributed by atoms with Crippen molar-refractivity contribution in [1.82, 2.24) is 4.31 Å².